The number of fused-ring (bicyclic) bond motifs is 2. The normalized spacial score (nSPS) is 16.2. The summed E-state index contributed by atoms with van der Waals surface area (Å²) < 4.78 is 5.04. The van der Waals surface area contributed by atoms with Gasteiger partial charge in [0.05, 0.1) is 29.5 Å². The number of methoxy groups -OCH3 is 1. The summed E-state index contributed by atoms with van der Waals surface area (Å²) >= 11 is 2.86. The van der Waals surface area contributed by atoms with Crippen molar-refractivity contribution in [2.45, 2.75) is 45.2 Å². The minimum absolute atomic E-state index is 0.165. The molecule has 4 rings (SSSR count). The Morgan fingerprint density at radius 3 is 2.81 bits per heavy atom. The smallest absolute Gasteiger partial charge is 0.341 e. The zero-order valence-corrected chi connectivity index (χ0v) is 19.8. The Balaban J connectivity index is 1.49. The maximum Gasteiger partial charge on any atom is 0.341 e. The number of thioether (sulfide) groups is 1. The second-order valence-electron chi connectivity index (χ2n) is 8.90. The third-order valence-corrected chi connectivity index (χ3v) is 7.88. The van der Waals surface area contributed by atoms with Crippen molar-refractivity contribution >= 4 is 51.0 Å². The topological polar surface area (TPSA) is 84.1 Å². The number of rotatable bonds is 5. The summed E-state index contributed by atoms with van der Waals surface area (Å²) in [5, 5.41) is 4.25. The molecule has 1 atom stereocenters. The van der Waals surface area contributed by atoms with Crippen LogP contribution in [-0.4, -0.2) is 34.7 Å². The Hall–Kier alpha value is -2.32. The van der Waals surface area contributed by atoms with Gasteiger partial charge in [-0.2, -0.15) is 0 Å². The summed E-state index contributed by atoms with van der Waals surface area (Å²) in [4.78, 5) is 34.1. The summed E-state index contributed by atoms with van der Waals surface area (Å²) in [6, 6.07) is 7.76. The molecule has 0 spiro atoms. The fourth-order valence-electron chi connectivity index (χ4n) is 4.03. The molecule has 6 nitrogen and oxygen atoms in total. The van der Waals surface area contributed by atoms with Gasteiger partial charge in [-0.1, -0.05) is 44.7 Å². The van der Waals surface area contributed by atoms with E-state index in [1.54, 1.807) is 0 Å². The molecule has 0 saturated carbocycles. The van der Waals surface area contributed by atoms with Crippen LogP contribution in [0.4, 0.5) is 5.00 Å². The number of amides is 1. The van der Waals surface area contributed by atoms with Gasteiger partial charge in [0.1, 0.15) is 5.00 Å². The number of nitrogens with zero attached hydrogens (tertiary/aromatic N) is 1. The standard InChI is InChI=1S/C23H27N3O3S2/c1-23(2,3)13-9-10-14-17(11-13)31-20(19(14)21(28)29-4)26-18(27)12-30-22-24-15-7-5-6-8-16(15)25-22/h5-8,13H,9-12H2,1-4H3,(H,24,25)(H,26,27)/t13-/m0/s1. The third-order valence-electron chi connectivity index (χ3n) is 5.84. The van der Waals surface area contributed by atoms with Crippen LogP contribution in [0.5, 0.6) is 0 Å². The van der Waals surface area contributed by atoms with Crippen LogP contribution in [0, 0.1) is 11.3 Å². The predicted molar refractivity (Wildman–Crippen MR) is 126 cm³/mol. The van der Waals surface area contributed by atoms with Crippen molar-refractivity contribution in [3.63, 3.8) is 0 Å². The molecule has 31 heavy (non-hydrogen) atoms. The van der Waals surface area contributed by atoms with E-state index in [2.05, 4.69) is 36.1 Å². The monoisotopic (exact) mass is 457 g/mol. The molecule has 2 N–H and O–H groups in total. The van der Waals surface area contributed by atoms with Crippen LogP contribution in [0.25, 0.3) is 11.0 Å². The number of H-pyrrole nitrogens is 1. The zero-order chi connectivity index (χ0) is 22.2. The van der Waals surface area contributed by atoms with Crippen LogP contribution < -0.4 is 5.32 Å². The minimum atomic E-state index is -0.382. The highest BCUT2D eigenvalue weighted by molar-refractivity contribution is 7.99. The molecule has 164 valence electrons. The first-order valence-electron chi connectivity index (χ1n) is 10.4. The highest BCUT2D eigenvalue weighted by atomic mass is 32.2. The number of hydrogen-bond donors (Lipinski definition) is 2. The Labute approximate surface area is 190 Å². The predicted octanol–water partition coefficient (Wildman–Crippen LogP) is 5.29. The number of benzene rings is 1. The van der Waals surface area contributed by atoms with E-state index >= 15 is 0 Å². The summed E-state index contributed by atoms with van der Waals surface area (Å²) in [6.45, 7) is 6.78. The Morgan fingerprint density at radius 2 is 2.10 bits per heavy atom. The Morgan fingerprint density at radius 1 is 1.32 bits per heavy atom. The van der Waals surface area contributed by atoms with E-state index < -0.39 is 0 Å². The lowest BCUT2D eigenvalue weighted by Gasteiger charge is -2.33. The molecule has 0 fully saturated rings. The van der Waals surface area contributed by atoms with Crippen molar-refractivity contribution in [1.29, 1.82) is 0 Å². The van der Waals surface area contributed by atoms with Gasteiger partial charge in [-0.15, -0.1) is 11.3 Å². The van der Waals surface area contributed by atoms with Gasteiger partial charge in [0.25, 0.3) is 0 Å². The molecule has 1 aliphatic rings. The molecule has 2 heterocycles. The van der Waals surface area contributed by atoms with Crippen molar-refractivity contribution in [2.75, 3.05) is 18.2 Å². The van der Waals surface area contributed by atoms with Crippen LogP contribution in [0.2, 0.25) is 0 Å². The fourth-order valence-corrected chi connectivity index (χ4v) is 6.04. The van der Waals surface area contributed by atoms with Crippen LogP contribution >= 0.6 is 23.1 Å². The van der Waals surface area contributed by atoms with Crippen LogP contribution in [-0.2, 0) is 22.4 Å². The van der Waals surface area contributed by atoms with Crippen molar-refractivity contribution in [3.8, 4) is 0 Å². The molecular formula is C23H27N3O3S2. The van der Waals surface area contributed by atoms with E-state index in [1.807, 2.05) is 24.3 Å². The maximum atomic E-state index is 12.7. The maximum absolute atomic E-state index is 12.7. The first kappa shape index (κ1) is 21.9. The van der Waals surface area contributed by atoms with Crippen LogP contribution in [0.1, 0.15) is 48.0 Å². The number of carbonyl (C=O) groups is 2. The lowest BCUT2D eigenvalue weighted by atomic mass is 9.72. The van der Waals surface area contributed by atoms with Crippen molar-refractivity contribution in [3.05, 3.63) is 40.3 Å². The van der Waals surface area contributed by atoms with Gasteiger partial charge in [0.2, 0.25) is 5.91 Å². The van der Waals surface area contributed by atoms with Crippen LogP contribution in [0.15, 0.2) is 29.4 Å². The van der Waals surface area contributed by atoms with Gasteiger partial charge in [0.15, 0.2) is 5.16 Å². The number of para-hydroxylation sites is 2. The van der Waals surface area contributed by atoms with Crippen molar-refractivity contribution in [1.82, 2.24) is 9.97 Å². The average molecular weight is 458 g/mol. The molecule has 0 unspecified atom stereocenters. The summed E-state index contributed by atoms with van der Waals surface area (Å²) in [7, 11) is 1.39. The highest BCUT2D eigenvalue weighted by Gasteiger charge is 2.34. The number of esters is 1. The second kappa shape index (κ2) is 8.67. The molecule has 8 heteroatoms. The number of aromatic nitrogens is 2. The highest BCUT2D eigenvalue weighted by Crippen LogP contribution is 2.44. The van der Waals surface area contributed by atoms with Gasteiger partial charge in [-0.25, -0.2) is 9.78 Å². The molecule has 0 aliphatic heterocycles. The van der Waals surface area contributed by atoms with Crippen molar-refractivity contribution in [2.24, 2.45) is 11.3 Å². The number of imidazole rings is 1. The average Bonchev–Trinajstić information content (AvgIpc) is 3.31. The largest absolute Gasteiger partial charge is 0.465 e. The quantitative estimate of drug-likeness (QED) is 0.402. The van der Waals surface area contributed by atoms with Gasteiger partial charge in [0, 0.05) is 4.88 Å². The van der Waals surface area contributed by atoms with Gasteiger partial charge in [-0.05, 0) is 48.3 Å². The zero-order valence-electron chi connectivity index (χ0n) is 18.2. The Bertz CT molecular complexity index is 1090. The SMILES string of the molecule is COC(=O)c1c(NC(=O)CSc2nc3ccccc3[nH]2)sc2c1CC[C@H](C(C)(C)C)C2. The molecule has 0 radical (unpaired) electrons. The van der Waals surface area contributed by atoms with Gasteiger partial charge in [-0.3, -0.25) is 4.79 Å². The number of thiophene rings is 1. The number of hydrogen-bond acceptors (Lipinski definition) is 6. The van der Waals surface area contributed by atoms with E-state index in [-0.39, 0.29) is 23.0 Å². The Kier molecular flexibility index (Phi) is 6.12. The lowest BCUT2D eigenvalue weighted by molar-refractivity contribution is -0.113. The van der Waals surface area contributed by atoms with Crippen LogP contribution in [0.3, 0.4) is 0 Å². The first-order valence-corrected chi connectivity index (χ1v) is 12.2. The van der Waals surface area contributed by atoms with E-state index in [0.29, 0.717) is 21.6 Å². The van der Waals surface area contributed by atoms with E-state index in [4.69, 9.17) is 4.74 Å². The summed E-state index contributed by atoms with van der Waals surface area (Å²) in [6.07, 6.45) is 2.80. The number of nitrogens with one attached hydrogen (secondary N) is 2. The summed E-state index contributed by atoms with van der Waals surface area (Å²) in [5.74, 6) is 0.207. The molecule has 2 aromatic heterocycles. The van der Waals surface area contributed by atoms with Gasteiger partial charge >= 0.3 is 5.97 Å². The lowest BCUT2D eigenvalue weighted by Crippen LogP contribution is -2.26. The van der Waals surface area contributed by atoms with Gasteiger partial charge < -0.3 is 15.0 Å². The number of ether oxygens (including phenoxy) is 1. The molecule has 1 aliphatic carbocycles. The number of carbonyl (C=O) groups excluding carboxylic acids is 2. The van der Waals surface area contributed by atoms with E-state index in [9.17, 15) is 9.59 Å². The molecule has 1 amide bonds. The fraction of sp³-hybridized carbons (Fsp3) is 0.435. The molecule has 1 aromatic carbocycles. The number of anilines is 1. The molecule has 3 aromatic rings. The second-order valence-corrected chi connectivity index (χ2v) is 11.0. The van der Waals surface area contributed by atoms with E-state index in [0.717, 1.165) is 35.9 Å². The van der Waals surface area contributed by atoms with Crippen molar-refractivity contribution < 1.29 is 14.3 Å². The summed E-state index contributed by atoms with van der Waals surface area (Å²) in [5.41, 5.74) is 3.59. The molecular weight excluding hydrogens is 430 g/mol. The van der Waals surface area contributed by atoms with E-state index in [1.165, 1.54) is 35.1 Å². The first-order chi connectivity index (χ1) is 14.8. The molecule has 0 saturated heterocycles. The number of aromatic amines is 1. The minimum Gasteiger partial charge on any atom is -0.465 e. The third kappa shape index (κ3) is 4.65. The molecule has 0 bridgehead atoms.